The number of rotatable bonds is 7. The van der Waals surface area contributed by atoms with Crippen molar-refractivity contribution in [2.24, 2.45) is 5.73 Å². The Morgan fingerprint density at radius 2 is 2.13 bits per heavy atom. The van der Waals surface area contributed by atoms with Gasteiger partial charge >= 0.3 is 6.09 Å². The van der Waals surface area contributed by atoms with Gasteiger partial charge in [-0.25, -0.2) is 4.79 Å². The lowest BCUT2D eigenvalue weighted by atomic mass is 10.2. The summed E-state index contributed by atoms with van der Waals surface area (Å²) in [6.07, 6.45) is 0.139. The summed E-state index contributed by atoms with van der Waals surface area (Å²) in [4.78, 5) is 21.3. The van der Waals surface area contributed by atoms with Crippen molar-refractivity contribution in [2.45, 2.75) is 26.3 Å². The summed E-state index contributed by atoms with van der Waals surface area (Å²) in [7, 11) is 0. The second-order valence-corrected chi connectivity index (χ2v) is 3.21. The largest absolute Gasteiger partial charge is 0.448 e. The molecule has 0 spiro atoms. The number of nitrogens with two attached hydrogens (primary N) is 1. The molecule has 4 N–H and O–H groups in total. The van der Waals surface area contributed by atoms with Gasteiger partial charge in [0, 0.05) is 6.04 Å². The lowest BCUT2D eigenvalue weighted by molar-refractivity contribution is -0.120. The SMILES string of the molecule is CCC(C)NCC(=O)NCCOC(N)=O. The zero-order valence-corrected chi connectivity index (χ0v) is 9.21. The van der Waals surface area contributed by atoms with E-state index in [1.807, 2.05) is 13.8 Å². The molecule has 0 fully saturated rings. The topological polar surface area (TPSA) is 93.4 Å². The third kappa shape index (κ3) is 9.01. The minimum absolute atomic E-state index is 0.102. The van der Waals surface area contributed by atoms with Crippen LogP contribution in [0.3, 0.4) is 0 Å². The second kappa shape index (κ2) is 8.05. The maximum atomic E-state index is 11.2. The highest BCUT2D eigenvalue weighted by molar-refractivity contribution is 5.78. The number of carbonyl (C=O) groups is 2. The number of ether oxygens (including phenoxy) is 1. The monoisotopic (exact) mass is 217 g/mol. The van der Waals surface area contributed by atoms with Gasteiger partial charge in [0.15, 0.2) is 0 Å². The molecule has 0 aliphatic heterocycles. The van der Waals surface area contributed by atoms with E-state index in [2.05, 4.69) is 15.4 Å². The van der Waals surface area contributed by atoms with E-state index in [1.54, 1.807) is 0 Å². The molecule has 15 heavy (non-hydrogen) atoms. The fourth-order valence-corrected chi connectivity index (χ4v) is 0.816. The van der Waals surface area contributed by atoms with E-state index in [4.69, 9.17) is 5.73 Å². The standard InChI is InChI=1S/C9H19N3O3/c1-3-7(2)12-6-8(13)11-4-5-15-9(10)14/h7,12H,3-6H2,1-2H3,(H2,10,14)(H,11,13). The molecule has 0 aliphatic carbocycles. The van der Waals surface area contributed by atoms with Crippen molar-refractivity contribution in [3.05, 3.63) is 0 Å². The first-order valence-electron chi connectivity index (χ1n) is 4.98. The van der Waals surface area contributed by atoms with Crippen molar-refractivity contribution in [3.63, 3.8) is 0 Å². The fourth-order valence-electron chi connectivity index (χ4n) is 0.816. The second-order valence-electron chi connectivity index (χ2n) is 3.21. The van der Waals surface area contributed by atoms with Crippen molar-refractivity contribution < 1.29 is 14.3 Å². The molecule has 0 aromatic carbocycles. The molecular weight excluding hydrogens is 198 g/mol. The highest BCUT2D eigenvalue weighted by Crippen LogP contribution is 1.85. The van der Waals surface area contributed by atoms with E-state index in [0.29, 0.717) is 6.04 Å². The molecular formula is C9H19N3O3. The van der Waals surface area contributed by atoms with E-state index >= 15 is 0 Å². The summed E-state index contributed by atoms with van der Waals surface area (Å²) in [6, 6.07) is 0.317. The molecule has 0 bridgehead atoms. The van der Waals surface area contributed by atoms with Crippen molar-refractivity contribution >= 4 is 12.0 Å². The third-order valence-electron chi connectivity index (χ3n) is 1.89. The predicted molar refractivity (Wildman–Crippen MR) is 56.3 cm³/mol. The van der Waals surface area contributed by atoms with Crippen molar-refractivity contribution in [1.82, 2.24) is 10.6 Å². The maximum absolute atomic E-state index is 11.2. The molecule has 0 saturated carbocycles. The van der Waals surface area contributed by atoms with Crippen LogP contribution in [-0.4, -0.2) is 37.7 Å². The summed E-state index contributed by atoms with van der Waals surface area (Å²) >= 11 is 0. The maximum Gasteiger partial charge on any atom is 0.404 e. The molecule has 0 heterocycles. The number of amides is 2. The molecule has 0 aromatic rings. The van der Waals surface area contributed by atoms with E-state index in [-0.39, 0.29) is 25.6 Å². The van der Waals surface area contributed by atoms with Crippen LogP contribution >= 0.6 is 0 Å². The van der Waals surface area contributed by atoms with Crippen LogP contribution in [0, 0.1) is 0 Å². The van der Waals surface area contributed by atoms with Crippen LogP contribution in [-0.2, 0) is 9.53 Å². The van der Waals surface area contributed by atoms with E-state index < -0.39 is 6.09 Å². The van der Waals surface area contributed by atoms with Gasteiger partial charge in [-0.3, -0.25) is 4.79 Å². The Balaban J connectivity index is 3.37. The van der Waals surface area contributed by atoms with Crippen molar-refractivity contribution in [1.29, 1.82) is 0 Å². The molecule has 0 aromatic heterocycles. The minimum Gasteiger partial charge on any atom is -0.448 e. The summed E-state index contributed by atoms with van der Waals surface area (Å²) < 4.78 is 4.44. The van der Waals surface area contributed by atoms with Crippen LogP contribution in [0.15, 0.2) is 0 Å². The van der Waals surface area contributed by atoms with Crippen molar-refractivity contribution in [2.75, 3.05) is 19.7 Å². The quantitative estimate of drug-likeness (QED) is 0.505. The van der Waals surface area contributed by atoms with Gasteiger partial charge in [0.05, 0.1) is 13.1 Å². The number of carbonyl (C=O) groups excluding carboxylic acids is 2. The Morgan fingerprint density at radius 3 is 2.67 bits per heavy atom. The summed E-state index contributed by atoms with van der Waals surface area (Å²) in [5.41, 5.74) is 4.74. The molecule has 0 radical (unpaired) electrons. The first-order chi connectivity index (χ1) is 7.06. The molecule has 88 valence electrons. The Bertz CT molecular complexity index is 209. The molecule has 0 aliphatic rings. The molecule has 1 unspecified atom stereocenters. The highest BCUT2D eigenvalue weighted by atomic mass is 16.5. The molecule has 0 rings (SSSR count). The Labute approximate surface area is 89.5 Å². The van der Waals surface area contributed by atoms with Gasteiger partial charge in [-0.1, -0.05) is 6.92 Å². The van der Waals surface area contributed by atoms with Gasteiger partial charge in [-0.05, 0) is 13.3 Å². The van der Waals surface area contributed by atoms with E-state index in [0.717, 1.165) is 6.42 Å². The van der Waals surface area contributed by atoms with Crippen molar-refractivity contribution in [3.8, 4) is 0 Å². The van der Waals surface area contributed by atoms with Gasteiger partial charge in [0.2, 0.25) is 5.91 Å². The Kier molecular flexibility index (Phi) is 7.35. The van der Waals surface area contributed by atoms with Crippen LogP contribution in [0.25, 0.3) is 0 Å². The van der Waals surface area contributed by atoms with Gasteiger partial charge in [-0.15, -0.1) is 0 Å². The highest BCUT2D eigenvalue weighted by Gasteiger charge is 2.03. The minimum atomic E-state index is -0.832. The molecule has 6 heteroatoms. The number of primary amides is 1. The van der Waals surface area contributed by atoms with E-state index in [9.17, 15) is 9.59 Å². The van der Waals surface area contributed by atoms with Gasteiger partial charge < -0.3 is 21.1 Å². The summed E-state index contributed by atoms with van der Waals surface area (Å²) in [5, 5.41) is 5.62. The van der Waals surface area contributed by atoms with Crippen LogP contribution in [0.2, 0.25) is 0 Å². The Morgan fingerprint density at radius 1 is 1.47 bits per heavy atom. The summed E-state index contributed by atoms with van der Waals surface area (Å²) in [5.74, 6) is -0.122. The molecule has 1 atom stereocenters. The van der Waals surface area contributed by atoms with Crippen LogP contribution in [0.5, 0.6) is 0 Å². The first-order valence-corrected chi connectivity index (χ1v) is 4.98. The number of hydrogen-bond acceptors (Lipinski definition) is 4. The molecule has 6 nitrogen and oxygen atoms in total. The fraction of sp³-hybridized carbons (Fsp3) is 0.778. The third-order valence-corrected chi connectivity index (χ3v) is 1.89. The number of nitrogens with one attached hydrogen (secondary N) is 2. The zero-order chi connectivity index (χ0) is 11.7. The van der Waals surface area contributed by atoms with Gasteiger partial charge in [0.25, 0.3) is 0 Å². The summed E-state index contributed by atoms with van der Waals surface area (Å²) in [6.45, 7) is 4.69. The zero-order valence-electron chi connectivity index (χ0n) is 9.21. The van der Waals surface area contributed by atoms with Crippen LogP contribution < -0.4 is 16.4 Å². The molecule has 0 saturated heterocycles. The van der Waals surface area contributed by atoms with Gasteiger partial charge in [0.1, 0.15) is 6.61 Å². The smallest absolute Gasteiger partial charge is 0.404 e. The normalized spacial score (nSPS) is 11.9. The average molecular weight is 217 g/mol. The lowest BCUT2D eigenvalue weighted by Crippen LogP contribution is -2.39. The van der Waals surface area contributed by atoms with Gasteiger partial charge in [-0.2, -0.15) is 0 Å². The first kappa shape index (κ1) is 13.7. The predicted octanol–water partition coefficient (Wildman–Crippen LogP) is -0.414. The lowest BCUT2D eigenvalue weighted by Gasteiger charge is -2.11. The number of hydrogen-bond donors (Lipinski definition) is 3. The van der Waals surface area contributed by atoms with Crippen LogP contribution in [0.4, 0.5) is 4.79 Å². The average Bonchev–Trinajstić information content (AvgIpc) is 2.20. The van der Waals surface area contributed by atoms with Crippen LogP contribution in [0.1, 0.15) is 20.3 Å². The Hall–Kier alpha value is -1.30. The molecule has 2 amide bonds. The van der Waals surface area contributed by atoms with E-state index in [1.165, 1.54) is 0 Å².